The largest absolute Gasteiger partial charge is 0.493 e. The van der Waals surface area contributed by atoms with Crippen molar-refractivity contribution in [1.82, 2.24) is 15.5 Å². The molecular formula is C26H31ClN4O5. The maximum Gasteiger partial charge on any atom is 0.338 e. The molecule has 9 nitrogen and oxygen atoms in total. The molecule has 1 fully saturated rings. The van der Waals surface area contributed by atoms with E-state index in [4.69, 9.17) is 25.8 Å². The van der Waals surface area contributed by atoms with Gasteiger partial charge in [-0.3, -0.25) is 4.90 Å². The number of esters is 1. The van der Waals surface area contributed by atoms with Crippen molar-refractivity contribution in [1.29, 1.82) is 0 Å². The number of piperazine rings is 1. The summed E-state index contributed by atoms with van der Waals surface area (Å²) in [5.74, 6) is 0.459. The molecule has 0 radical (unpaired) electrons. The number of nitrogens with zero attached hydrogens (tertiary/aromatic N) is 2. The minimum Gasteiger partial charge on any atom is -0.493 e. The van der Waals surface area contributed by atoms with Gasteiger partial charge in [-0.1, -0.05) is 29.8 Å². The lowest BCUT2D eigenvalue weighted by Crippen LogP contribution is -2.51. The van der Waals surface area contributed by atoms with Crippen LogP contribution in [-0.2, 0) is 9.53 Å². The number of rotatable bonds is 8. The Morgan fingerprint density at radius 3 is 2.50 bits per heavy atom. The Morgan fingerprint density at radius 2 is 1.83 bits per heavy atom. The van der Waals surface area contributed by atoms with E-state index in [0.29, 0.717) is 39.9 Å². The van der Waals surface area contributed by atoms with Gasteiger partial charge in [0.2, 0.25) is 0 Å². The molecule has 0 saturated carbocycles. The Hall–Kier alpha value is -3.43. The maximum atomic E-state index is 13.2. The summed E-state index contributed by atoms with van der Waals surface area (Å²) >= 11 is 6.16. The van der Waals surface area contributed by atoms with E-state index in [-0.39, 0.29) is 6.61 Å². The third-order valence-corrected chi connectivity index (χ3v) is 6.56. The van der Waals surface area contributed by atoms with Crippen LogP contribution in [0.3, 0.4) is 0 Å². The number of para-hydroxylation sites is 1. The van der Waals surface area contributed by atoms with Gasteiger partial charge in [-0.15, -0.1) is 0 Å². The van der Waals surface area contributed by atoms with Crippen molar-refractivity contribution in [2.24, 2.45) is 0 Å². The molecular weight excluding hydrogens is 484 g/mol. The molecule has 2 aromatic rings. The number of urea groups is 1. The molecule has 4 rings (SSSR count). The van der Waals surface area contributed by atoms with Gasteiger partial charge in [-0.2, -0.15) is 0 Å². The van der Waals surface area contributed by atoms with Crippen molar-refractivity contribution in [2.75, 3.05) is 58.5 Å². The van der Waals surface area contributed by atoms with Crippen LogP contribution in [0.1, 0.15) is 18.5 Å². The molecule has 0 aromatic heterocycles. The highest BCUT2D eigenvalue weighted by molar-refractivity contribution is 6.30. The number of carbonyl (C=O) groups excluding carboxylic acids is 2. The lowest BCUT2D eigenvalue weighted by molar-refractivity contribution is -0.139. The highest BCUT2D eigenvalue weighted by Gasteiger charge is 2.36. The molecule has 2 heterocycles. The van der Waals surface area contributed by atoms with Crippen LogP contribution in [0.4, 0.5) is 10.5 Å². The zero-order valence-electron chi connectivity index (χ0n) is 20.7. The number of amides is 2. The molecule has 0 bridgehead atoms. The van der Waals surface area contributed by atoms with Gasteiger partial charge in [-0.25, -0.2) is 9.59 Å². The fourth-order valence-corrected chi connectivity index (χ4v) is 4.81. The van der Waals surface area contributed by atoms with Gasteiger partial charge < -0.3 is 29.7 Å². The van der Waals surface area contributed by atoms with Gasteiger partial charge in [0.05, 0.1) is 32.4 Å². The van der Waals surface area contributed by atoms with Crippen molar-refractivity contribution < 1.29 is 23.8 Å². The summed E-state index contributed by atoms with van der Waals surface area (Å²) in [4.78, 5) is 30.4. The summed E-state index contributed by atoms with van der Waals surface area (Å²) in [6.07, 6.45) is 0. The number of hydrogen-bond donors (Lipinski definition) is 2. The van der Waals surface area contributed by atoms with Crippen LogP contribution >= 0.6 is 11.6 Å². The van der Waals surface area contributed by atoms with Crippen LogP contribution in [0.2, 0.25) is 5.02 Å². The molecule has 0 spiro atoms. The monoisotopic (exact) mass is 514 g/mol. The summed E-state index contributed by atoms with van der Waals surface area (Å²) in [5.41, 5.74) is 2.55. The van der Waals surface area contributed by atoms with Crippen LogP contribution in [0.5, 0.6) is 11.5 Å². The molecule has 1 atom stereocenters. The van der Waals surface area contributed by atoms with E-state index in [1.54, 1.807) is 32.2 Å². The van der Waals surface area contributed by atoms with Gasteiger partial charge in [0.1, 0.15) is 0 Å². The first-order valence-corrected chi connectivity index (χ1v) is 12.2. The molecule has 36 heavy (non-hydrogen) atoms. The number of methoxy groups -OCH3 is 2. The van der Waals surface area contributed by atoms with E-state index >= 15 is 0 Å². The Bertz CT molecular complexity index is 1150. The first kappa shape index (κ1) is 25.7. The molecule has 192 valence electrons. The van der Waals surface area contributed by atoms with E-state index in [0.717, 1.165) is 31.9 Å². The summed E-state index contributed by atoms with van der Waals surface area (Å²) in [6, 6.07) is 12.0. The molecule has 2 aliphatic heterocycles. The second-order valence-electron chi connectivity index (χ2n) is 8.47. The van der Waals surface area contributed by atoms with E-state index in [1.807, 2.05) is 24.3 Å². The van der Waals surface area contributed by atoms with Gasteiger partial charge in [0, 0.05) is 54.7 Å². The van der Waals surface area contributed by atoms with Crippen LogP contribution in [-0.4, -0.2) is 70.5 Å². The van der Waals surface area contributed by atoms with Crippen molar-refractivity contribution in [3.8, 4) is 11.5 Å². The lowest BCUT2D eigenvalue weighted by Gasteiger charge is -2.38. The van der Waals surface area contributed by atoms with Crippen molar-refractivity contribution >= 4 is 29.3 Å². The predicted octanol–water partition coefficient (Wildman–Crippen LogP) is 3.35. The van der Waals surface area contributed by atoms with Crippen LogP contribution in [0.25, 0.3) is 0 Å². The van der Waals surface area contributed by atoms with Gasteiger partial charge in [0.15, 0.2) is 11.5 Å². The third-order valence-electron chi connectivity index (χ3n) is 6.32. The van der Waals surface area contributed by atoms with Gasteiger partial charge in [0.25, 0.3) is 0 Å². The average Bonchev–Trinajstić information content (AvgIpc) is 2.88. The standard InChI is InChI=1S/C26H31ClN4O5/c1-4-36-25(32)22-20(16-30-11-13-31(14-12-30)18-8-5-7-17(27)15-18)28-26(33)29-23(22)19-9-6-10-21(34-2)24(19)35-3/h5-10,15,23H,4,11-14,16H2,1-3H3,(H2,28,29,33). The number of halogens is 1. The zero-order valence-corrected chi connectivity index (χ0v) is 21.4. The summed E-state index contributed by atoms with van der Waals surface area (Å²) in [6.45, 7) is 5.45. The fourth-order valence-electron chi connectivity index (χ4n) is 4.63. The number of benzene rings is 2. The summed E-state index contributed by atoms with van der Waals surface area (Å²) < 4.78 is 16.4. The van der Waals surface area contributed by atoms with E-state index in [9.17, 15) is 9.59 Å². The first-order chi connectivity index (χ1) is 17.4. The molecule has 2 aliphatic rings. The molecule has 2 amide bonds. The highest BCUT2D eigenvalue weighted by Crippen LogP contribution is 2.39. The zero-order chi connectivity index (χ0) is 25.7. The van der Waals surface area contributed by atoms with Crippen LogP contribution < -0.4 is 25.0 Å². The maximum absolute atomic E-state index is 13.2. The van der Waals surface area contributed by atoms with E-state index < -0.39 is 18.0 Å². The van der Waals surface area contributed by atoms with Crippen LogP contribution in [0.15, 0.2) is 53.7 Å². The number of hydrogen-bond acceptors (Lipinski definition) is 7. The van der Waals surface area contributed by atoms with E-state index in [2.05, 4.69) is 20.4 Å². The topological polar surface area (TPSA) is 92.4 Å². The number of ether oxygens (including phenoxy) is 3. The second-order valence-corrected chi connectivity index (χ2v) is 8.91. The SMILES string of the molecule is CCOC(=O)C1=C(CN2CCN(c3cccc(Cl)c3)CC2)NC(=O)NC1c1cccc(OC)c1OC. The normalized spacial score (nSPS) is 18.4. The molecule has 2 N–H and O–H groups in total. The summed E-state index contributed by atoms with van der Waals surface area (Å²) in [7, 11) is 3.07. The minimum absolute atomic E-state index is 0.212. The minimum atomic E-state index is -0.759. The molecule has 1 unspecified atom stereocenters. The Balaban J connectivity index is 1.62. The summed E-state index contributed by atoms with van der Waals surface area (Å²) in [5, 5.41) is 6.42. The van der Waals surface area contributed by atoms with Gasteiger partial charge in [-0.05, 0) is 31.2 Å². The lowest BCUT2D eigenvalue weighted by atomic mass is 9.93. The van der Waals surface area contributed by atoms with Crippen molar-refractivity contribution in [3.63, 3.8) is 0 Å². The van der Waals surface area contributed by atoms with Crippen LogP contribution in [0, 0.1) is 0 Å². The quantitative estimate of drug-likeness (QED) is 0.522. The predicted molar refractivity (Wildman–Crippen MR) is 138 cm³/mol. The van der Waals surface area contributed by atoms with Crippen molar-refractivity contribution in [3.05, 3.63) is 64.3 Å². The highest BCUT2D eigenvalue weighted by atomic mass is 35.5. The molecule has 1 saturated heterocycles. The fraction of sp³-hybridized carbons (Fsp3) is 0.385. The Morgan fingerprint density at radius 1 is 1.08 bits per heavy atom. The number of anilines is 1. The second kappa shape index (κ2) is 11.5. The molecule has 10 heteroatoms. The molecule has 0 aliphatic carbocycles. The average molecular weight is 515 g/mol. The van der Waals surface area contributed by atoms with Crippen molar-refractivity contribution in [2.45, 2.75) is 13.0 Å². The number of nitrogens with one attached hydrogen (secondary N) is 2. The third kappa shape index (κ3) is 5.52. The first-order valence-electron chi connectivity index (χ1n) is 11.9. The Labute approximate surface area is 215 Å². The van der Waals surface area contributed by atoms with Gasteiger partial charge >= 0.3 is 12.0 Å². The smallest absolute Gasteiger partial charge is 0.338 e. The Kier molecular flexibility index (Phi) is 8.22. The molecule has 2 aromatic carbocycles. The number of carbonyl (C=O) groups is 2. The van der Waals surface area contributed by atoms with E-state index in [1.165, 1.54) is 7.11 Å².